The zero-order valence-electron chi connectivity index (χ0n) is 15.5. The number of benzene rings is 1. The Bertz CT molecular complexity index is 1110. The molecule has 3 aromatic heterocycles. The van der Waals surface area contributed by atoms with Gasteiger partial charge in [0.1, 0.15) is 5.01 Å². The summed E-state index contributed by atoms with van der Waals surface area (Å²) in [6.07, 6.45) is 12.9. The number of aromatic nitrogens is 5. The Morgan fingerprint density at radius 3 is 2.29 bits per heavy atom. The molecule has 0 bridgehead atoms. The van der Waals surface area contributed by atoms with Crippen LogP contribution in [0, 0.1) is 0 Å². The van der Waals surface area contributed by atoms with Gasteiger partial charge in [0.05, 0.1) is 11.1 Å². The summed E-state index contributed by atoms with van der Waals surface area (Å²) in [5.74, 6) is 0.294. The number of hydrogen-bond donors (Lipinski definition) is 1. The van der Waals surface area contributed by atoms with Crippen LogP contribution in [0.3, 0.4) is 0 Å². The van der Waals surface area contributed by atoms with Crippen LogP contribution in [0.1, 0.15) is 29.8 Å². The predicted octanol–water partition coefficient (Wildman–Crippen LogP) is 4.05. The van der Waals surface area contributed by atoms with Crippen LogP contribution in [0.2, 0.25) is 0 Å². The van der Waals surface area contributed by atoms with Gasteiger partial charge in [0.2, 0.25) is 5.95 Å². The van der Waals surface area contributed by atoms with E-state index >= 15 is 0 Å². The number of anilines is 1. The van der Waals surface area contributed by atoms with E-state index in [-0.39, 0.29) is 5.41 Å². The van der Waals surface area contributed by atoms with E-state index in [4.69, 9.17) is 10.7 Å². The van der Waals surface area contributed by atoms with Crippen LogP contribution in [0.15, 0.2) is 55.2 Å². The van der Waals surface area contributed by atoms with Gasteiger partial charge in [0.15, 0.2) is 0 Å². The summed E-state index contributed by atoms with van der Waals surface area (Å²) in [4.78, 5) is 14.2. The van der Waals surface area contributed by atoms with Crippen molar-refractivity contribution < 1.29 is 0 Å². The zero-order valence-corrected chi connectivity index (χ0v) is 16.4. The molecule has 1 fully saturated rings. The van der Waals surface area contributed by atoms with Crippen LogP contribution >= 0.6 is 11.3 Å². The van der Waals surface area contributed by atoms with Gasteiger partial charge in [0, 0.05) is 48.4 Å². The summed E-state index contributed by atoms with van der Waals surface area (Å²) in [6, 6.07) is 8.71. The van der Waals surface area contributed by atoms with Crippen LogP contribution in [-0.2, 0) is 12.5 Å². The highest BCUT2D eigenvalue weighted by Gasteiger charge is 2.42. The van der Waals surface area contributed by atoms with Crippen molar-refractivity contribution in [2.45, 2.75) is 24.7 Å². The van der Waals surface area contributed by atoms with Crippen LogP contribution in [-0.4, -0.2) is 24.7 Å². The van der Waals surface area contributed by atoms with Crippen molar-refractivity contribution in [2.24, 2.45) is 7.05 Å². The van der Waals surface area contributed by atoms with Crippen LogP contribution in [0.25, 0.3) is 21.6 Å². The molecule has 4 aromatic rings. The molecule has 0 radical (unpaired) electrons. The van der Waals surface area contributed by atoms with E-state index in [9.17, 15) is 0 Å². The molecular formula is C21H20N6S. The summed E-state index contributed by atoms with van der Waals surface area (Å²) in [5.41, 5.74) is 10.1. The fourth-order valence-electron chi connectivity index (χ4n) is 3.80. The highest BCUT2D eigenvalue weighted by Crippen LogP contribution is 2.51. The van der Waals surface area contributed by atoms with E-state index < -0.39 is 0 Å². The van der Waals surface area contributed by atoms with Gasteiger partial charge in [-0.05, 0) is 24.0 Å². The van der Waals surface area contributed by atoms with Gasteiger partial charge >= 0.3 is 0 Å². The Labute approximate surface area is 167 Å². The molecular weight excluding hydrogens is 368 g/mol. The third kappa shape index (κ3) is 2.79. The maximum atomic E-state index is 5.59. The second-order valence-corrected chi connectivity index (χ2v) is 8.31. The van der Waals surface area contributed by atoms with E-state index in [0.29, 0.717) is 5.95 Å². The fourth-order valence-corrected chi connectivity index (χ4v) is 4.96. The molecule has 5 rings (SSSR count). The quantitative estimate of drug-likeness (QED) is 0.570. The molecule has 0 atom stereocenters. The number of aryl methyl sites for hydroxylation is 1. The van der Waals surface area contributed by atoms with Crippen molar-refractivity contribution in [3.05, 3.63) is 65.8 Å². The summed E-state index contributed by atoms with van der Waals surface area (Å²) in [7, 11) is 1.94. The zero-order chi connectivity index (χ0) is 19.1. The Morgan fingerprint density at radius 2 is 1.68 bits per heavy atom. The highest BCUT2D eigenvalue weighted by molar-refractivity contribution is 7.15. The first-order chi connectivity index (χ1) is 13.6. The van der Waals surface area contributed by atoms with E-state index in [2.05, 4.69) is 39.3 Å². The molecule has 1 aliphatic carbocycles. The number of nitrogens with two attached hydrogens (primary N) is 1. The summed E-state index contributed by atoms with van der Waals surface area (Å²) >= 11 is 1.78. The van der Waals surface area contributed by atoms with Gasteiger partial charge in [-0.3, -0.25) is 4.68 Å². The lowest BCUT2D eigenvalue weighted by Gasteiger charge is -2.40. The lowest BCUT2D eigenvalue weighted by atomic mass is 9.65. The number of hydrogen-bond acceptors (Lipinski definition) is 6. The second-order valence-electron chi connectivity index (χ2n) is 7.28. The third-order valence-electron chi connectivity index (χ3n) is 5.55. The Kier molecular flexibility index (Phi) is 3.98. The molecule has 3 heterocycles. The topological polar surface area (TPSA) is 82.5 Å². The lowest BCUT2D eigenvalue weighted by molar-refractivity contribution is 0.300. The highest BCUT2D eigenvalue weighted by atomic mass is 32.1. The van der Waals surface area contributed by atoms with Crippen LogP contribution in [0.4, 0.5) is 5.95 Å². The molecule has 0 amide bonds. The molecule has 2 N–H and O–H groups in total. The number of rotatable bonds is 4. The maximum absolute atomic E-state index is 5.59. The van der Waals surface area contributed by atoms with Crippen molar-refractivity contribution in [1.29, 1.82) is 0 Å². The largest absolute Gasteiger partial charge is 0.368 e. The minimum absolute atomic E-state index is 0.0290. The molecule has 1 aromatic carbocycles. The molecule has 140 valence electrons. The predicted molar refractivity (Wildman–Crippen MR) is 111 cm³/mol. The first-order valence-electron chi connectivity index (χ1n) is 9.28. The molecule has 0 saturated heterocycles. The van der Waals surface area contributed by atoms with Gasteiger partial charge in [-0.1, -0.05) is 30.7 Å². The number of thiazole rings is 1. The summed E-state index contributed by atoms with van der Waals surface area (Å²) < 4.78 is 1.83. The SMILES string of the molecule is Cn1cc(-c2cnc(C3(c4ccc(-c5cnc(N)nc5)cc4)CCC3)s2)cn1. The van der Waals surface area contributed by atoms with Gasteiger partial charge in [-0.2, -0.15) is 5.10 Å². The lowest BCUT2D eigenvalue weighted by Crippen LogP contribution is -2.35. The number of nitrogens with zero attached hydrogens (tertiary/aromatic N) is 5. The molecule has 0 unspecified atom stereocenters. The maximum Gasteiger partial charge on any atom is 0.219 e. The molecule has 28 heavy (non-hydrogen) atoms. The first kappa shape index (κ1) is 17.1. The summed E-state index contributed by atoms with van der Waals surface area (Å²) in [6.45, 7) is 0. The standard InChI is InChI=1S/C21H20N6S/c1-27-13-16(11-26-27)18-12-23-19(28-18)21(7-2-8-21)17-5-3-14(4-6-17)15-9-24-20(22)25-10-15/h3-6,9-13H,2,7-8H2,1H3,(H2,22,24,25). The Morgan fingerprint density at radius 1 is 0.929 bits per heavy atom. The van der Waals surface area contributed by atoms with Crippen LogP contribution < -0.4 is 5.73 Å². The second kappa shape index (κ2) is 6.53. The third-order valence-corrected chi connectivity index (χ3v) is 6.80. The average molecular weight is 389 g/mol. The molecule has 0 spiro atoms. The fraction of sp³-hybridized carbons (Fsp3) is 0.238. The van der Waals surface area contributed by atoms with E-state index in [1.54, 1.807) is 23.7 Å². The van der Waals surface area contributed by atoms with Gasteiger partial charge < -0.3 is 5.73 Å². The Hall–Kier alpha value is -3.06. The van der Waals surface area contributed by atoms with Gasteiger partial charge in [-0.25, -0.2) is 15.0 Å². The molecule has 6 nitrogen and oxygen atoms in total. The van der Waals surface area contributed by atoms with Crippen molar-refractivity contribution in [3.63, 3.8) is 0 Å². The molecule has 1 saturated carbocycles. The van der Waals surface area contributed by atoms with Crippen LogP contribution in [0.5, 0.6) is 0 Å². The van der Waals surface area contributed by atoms with E-state index in [1.807, 2.05) is 30.3 Å². The molecule has 0 aliphatic heterocycles. The van der Waals surface area contributed by atoms with Crippen molar-refractivity contribution in [3.8, 4) is 21.6 Å². The van der Waals surface area contributed by atoms with E-state index in [0.717, 1.165) is 29.5 Å². The van der Waals surface area contributed by atoms with Gasteiger partial charge in [0.25, 0.3) is 0 Å². The average Bonchev–Trinajstić information content (AvgIpc) is 3.32. The monoisotopic (exact) mass is 388 g/mol. The number of nitrogen functional groups attached to an aromatic ring is 1. The summed E-state index contributed by atoms with van der Waals surface area (Å²) in [5, 5.41) is 5.47. The van der Waals surface area contributed by atoms with Crippen molar-refractivity contribution in [2.75, 3.05) is 5.73 Å². The van der Waals surface area contributed by atoms with E-state index in [1.165, 1.54) is 21.9 Å². The molecule has 1 aliphatic rings. The van der Waals surface area contributed by atoms with Crippen molar-refractivity contribution >= 4 is 17.3 Å². The molecule has 7 heteroatoms. The minimum Gasteiger partial charge on any atom is -0.368 e. The van der Waals surface area contributed by atoms with Crippen molar-refractivity contribution in [1.82, 2.24) is 24.7 Å². The smallest absolute Gasteiger partial charge is 0.219 e. The minimum atomic E-state index is 0.0290. The Balaban J connectivity index is 1.47. The first-order valence-corrected chi connectivity index (χ1v) is 10.1. The van der Waals surface area contributed by atoms with Gasteiger partial charge in [-0.15, -0.1) is 11.3 Å². The normalized spacial score (nSPS) is 15.3.